The first-order valence-electron chi connectivity index (χ1n) is 21.9. The van der Waals surface area contributed by atoms with E-state index >= 15 is 0 Å². The Morgan fingerprint density at radius 3 is 2.32 bits per heavy atom. The summed E-state index contributed by atoms with van der Waals surface area (Å²) >= 11 is 0. The van der Waals surface area contributed by atoms with Crippen LogP contribution < -0.4 is 15.5 Å². The smallest absolute Gasteiger partial charge is 0.238 e. The number of aliphatic imine (C=N–C) groups is 1. The SMILES string of the molecule is CC(C)C.CCCC(C)(C)CC.CCCC=Nc1cc(-c2ccc3c(c2)N(C2CC(CCC)C2)C(=O)C32CCNCC2)nc(Nc2cc(CC)ncc2F)c1C. The highest BCUT2D eigenvalue weighted by Gasteiger charge is 2.54. The van der Waals surface area contributed by atoms with Crippen LogP contribution in [0.3, 0.4) is 0 Å². The molecular formula is C48H73FN6O. The molecule has 2 aliphatic heterocycles. The van der Waals surface area contributed by atoms with Crippen LogP contribution in [0.2, 0.25) is 0 Å². The summed E-state index contributed by atoms with van der Waals surface area (Å²) in [6.07, 6.45) is 16.0. The molecule has 0 atom stereocenters. The summed E-state index contributed by atoms with van der Waals surface area (Å²) in [7, 11) is 0. The van der Waals surface area contributed by atoms with Crippen LogP contribution >= 0.6 is 0 Å². The van der Waals surface area contributed by atoms with Crippen molar-refractivity contribution in [3.05, 3.63) is 59.2 Å². The number of benzene rings is 1. The highest BCUT2D eigenvalue weighted by Crippen LogP contribution is 2.52. The molecule has 3 aliphatic rings. The first kappa shape index (κ1) is 45.1. The van der Waals surface area contributed by atoms with Crippen LogP contribution in [0.5, 0.6) is 0 Å². The molecule has 56 heavy (non-hydrogen) atoms. The lowest BCUT2D eigenvalue weighted by molar-refractivity contribution is -0.125. The van der Waals surface area contributed by atoms with Gasteiger partial charge >= 0.3 is 0 Å². The average molecular weight is 769 g/mol. The highest BCUT2D eigenvalue weighted by atomic mass is 19.1. The fourth-order valence-electron chi connectivity index (χ4n) is 8.05. The van der Waals surface area contributed by atoms with Gasteiger partial charge in [0.25, 0.3) is 0 Å². The molecule has 0 unspecified atom stereocenters. The predicted molar refractivity (Wildman–Crippen MR) is 237 cm³/mol. The number of unbranched alkanes of at least 4 members (excludes halogenated alkanes) is 1. The number of hydrogen-bond donors (Lipinski definition) is 2. The highest BCUT2D eigenvalue weighted by molar-refractivity contribution is 6.09. The van der Waals surface area contributed by atoms with Gasteiger partial charge in [-0.1, -0.05) is 113 Å². The molecule has 6 rings (SSSR count). The predicted octanol–water partition coefficient (Wildman–Crippen LogP) is 12.8. The molecule has 2 fully saturated rings. The molecular weight excluding hydrogens is 696 g/mol. The summed E-state index contributed by atoms with van der Waals surface area (Å²) in [5, 5.41) is 6.71. The second-order valence-corrected chi connectivity index (χ2v) is 17.8. The molecule has 1 saturated heterocycles. The molecule has 3 aromatic rings. The van der Waals surface area contributed by atoms with Crippen molar-refractivity contribution in [2.75, 3.05) is 23.3 Å². The zero-order valence-corrected chi connectivity index (χ0v) is 36.7. The third-order valence-electron chi connectivity index (χ3n) is 11.7. The van der Waals surface area contributed by atoms with Crippen molar-refractivity contribution in [2.45, 2.75) is 165 Å². The van der Waals surface area contributed by atoms with Crippen molar-refractivity contribution in [2.24, 2.45) is 22.2 Å². The van der Waals surface area contributed by atoms with Crippen LogP contribution in [-0.2, 0) is 16.6 Å². The van der Waals surface area contributed by atoms with Gasteiger partial charge in [-0.25, -0.2) is 9.37 Å². The number of halogens is 1. The lowest BCUT2D eigenvalue weighted by Crippen LogP contribution is -2.53. The van der Waals surface area contributed by atoms with Crippen LogP contribution in [0.1, 0.15) is 157 Å². The largest absolute Gasteiger partial charge is 0.337 e. The Labute approximate surface area is 339 Å². The molecule has 1 aliphatic carbocycles. The molecule has 308 valence electrons. The second kappa shape index (κ2) is 20.7. The Hall–Kier alpha value is -3.65. The standard InChI is InChI=1S/C36H45FN6O.C8H18.C4H10/c1-5-8-14-39-30-21-31(41-34(23(30)4)42-32-20-26(7-3)40-22-29(32)37)25-10-11-28-33(19-25)43(27-17-24(18-27)9-6-2)35(44)36(28)12-15-38-16-13-36;1-5-7-8(3,4)6-2;1-4(2)3/h10-11,14,19-22,24,27,38H,5-9,12-13,15-18H2,1-4H3,(H,40,41,42);5-7H2,1-4H3;4H,1-3H3. The molecule has 1 spiro atoms. The quantitative estimate of drug-likeness (QED) is 0.169. The topological polar surface area (TPSA) is 82.5 Å². The van der Waals surface area contributed by atoms with E-state index in [2.05, 4.69) is 101 Å². The number of nitrogens with zero attached hydrogens (tertiary/aromatic N) is 4. The van der Waals surface area contributed by atoms with Crippen molar-refractivity contribution < 1.29 is 9.18 Å². The molecule has 1 saturated carbocycles. The number of aromatic nitrogens is 2. The number of pyridine rings is 2. The number of rotatable bonds is 13. The van der Waals surface area contributed by atoms with E-state index in [4.69, 9.17) is 9.98 Å². The fraction of sp³-hybridized carbons (Fsp3) is 0.625. The lowest BCUT2D eigenvalue weighted by Gasteiger charge is -2.43. The third-order valence-corrected chi connectivity index (χ3v) is 11.7. The molecule has 1 amide bonds. The summed E-state index contributed by atoms with van der Waals surface area (Å²) < 4.78 is 14.9. The summed E-state index contributed by atoms with van der Waals surface area (Å²) in [6.45, 7) is 25.7. The Bertz CT molecular complexity index is 1750. The van der Waals surface area contributed by atoms with Crippen molar-refractivity contribution >= 4 is 35.0 Å². The molecule has 8 heteroatoms. The number of fused-ring (bicyclic) bond motifs is 2. The van der Waals surface area contributed by atoms with Crippen LogP contribution in [0.25, 0.3) is 11.3 Å². The van der Waals surface area contributed by atoms with Gasteiger partial charge in [-0.2, -0.15) is 0 Å². The Morgan fingerprint density at radius 2 is 1.73 bits per heavy atom. The first-order chi connectivity index (χ1) is 26.7. The molecule has 2 aromatic heterocycles. The number of nitrogens with one attached hydrogen (secondary N) is 2. The van der Waals surface area contributed by atoms with E-state index < -0.39 is 11.2 Å². The normalized spacial score (nSPS) is 18.7. The van der Waals surface area contributed by atoms with Crippen LogP contribution in [0, 0.1) is 30.0 Å². The van der Waals surface area contributed by atoms with E-state index in [1.807, 2.05) is 26.1 Å². The lowest BCUT2D eigenvalue weighted by atomic mass is 9.73. The average Bonchev–Trinajstić information content (AvgIpc) is 3.37. The monoisotopic (exact) mass is 769 g/mol. The van der Waals surface area contributed by atoms with Crippen LogP contribution in [0.4, 0.5) is 27.3 Å². The van der Waals surface area contributed by atoms with Gasteiger partial charge in [-0.15, -0.1) is 0 Å². The van der Waals surface area contributed by atoms with E-state index in [0.29, 0.717) is 29.3 Å². The number of hydrogen-bond acceptors (Lipinski definition) is 6. The van der Waals surface area contributed by atoms with Gasteiger partial charge in [0.1, 0.15) is 5.82 Å². The van der Waals surface area contributed by atoms with Crippen LogP contribution in [0.15, 0.2) is 41.5 Å². The van der Waals surface area contributed by atoms with Gasteiger partial charge in [-0.05, 0) is 106 Å². The number of amides is 1. The van der Waals surface area contributed by atoms with Crippen molar-refractivity contribution in [1.29, 1.82) is 0 Å². The Morgan fingerprint density at radius 1 is 1.04 bits per heavy atom. The zero-order chi connectivity index (χ0) is 41.0. The molecule has 4 heterocycles. The number of carbonyl (C=O) groups excluding carboxylic acids is 1. The molecule has 2 N–H and O–H groups in total. The molecule has 0 bridgehead atoms. The maximum atomic E-state index is 14.9. The summed E-state index contributed by atoms with van der Waals surface area (Å²) in [4.78, 5) is 30.4. The molecule has 7 nitrogen and oxygen atoms in total. The number of piperidine rings is 1. The summed E-state index contributed by atoms with van der Waals surface area (Å²) in [5.41, 5.74) is 6.79. The van der Waals surface area contributed by atoms with E-state index in [1.165, 1.54) is 38.3 Å². The minimum absolute atomic E-state index is 0.252. The van der Waals surface area contributed by atoms with E-state index in [0.717, 1.165) is 97.0 Å². The first-order valence-corrected chi connectivity index (χ1v) is 21.9. The van der Waals surface area contributed by atoms with Crippen molar-refractivity contribution in [3.63, 3.8) is 0 Å². The minimum atomic E-state index is -0.451. The summed E-state index contributed by atoms with van der Waals surface area (Å²) in [5.74, 6) is 1.94. The van der Waals surface area contributed by atoms with Crippen molar-refractivity contribution in [3.8, 4) is 11.3 Å². The Balaban J connectivity index is 0.000000506. The Kier molecular flexibility index (Phi) is 16.6. The van der Waals surface area contributed by atoms with E-state index in [9.17, 15) is 9.18 Å². The molecule has 1 aromatic carbocycles. The van der Waals surface area contributed by atoms with Gasteiger partial charge < -0.3 is 15.5 Å². The van der Waals surface area contributed by atoms with Gasteiger partial charge in [0.05, 0.1) is 28.7 Å². The third kappa shape index (κ3) is 11.0. The number of carbonyl (C=O) groups is 1. The van der Waals surface area contributed by atoms with Gasteiger partial charge in [-0.3, -0.25) is 14.8 Å². The van der Waals surface area contributed by atoms with Gasteiger partial charge in [0.2, 0.25) is 5.91 Å². The molecule has 0 radical (unpaired) electrons. The number of aryl methyl sites for hydroxylation is 1. The fourth-order valence-corrected chi connectivity index (χ4v) is 8.05. The maximum absolute atomic E-state index is 14.9. The van der Waals surface area contributed by atoms with Crippen LogP contribution in [-0.4, -0.2) is 41.2 Å². The minimum Gasteiger partial charge on any atom is -0.337 e. The van der Waals surface area contributed by atoms with Gasteiger partial charge in [0, 0.05) is 34.8 Å². The second-order valence-electron chi connectivity index (χ2n) is 17.8. The summed E-state index contributed by atoms with van der Waals surface area (Å²) in [6, 6.07) is 10.4. The van der Waals surface area contributed by atoms with Crippen molar-refractivity contribution in [1.82, 2.24) is 15.3 Å². The zero-order valence-electron chi connectivity index (χ0n) is 36.7. The number of anilines is 3. The van der Waals surface area contributed by atoms with E-state index in [1.54, 1.807) is 6.07 Å². The van der Waals surface area contributed by atoms with E-state index in [-0.39, 0.29) is 11.9 Å². The van der Waals surface area contributed by atoms with Gasteiger partial charge in [0.15, 0.2) is 5.82 Å². The maximum Gasteiger partial charge on any atom is 0.238 e.